The van der Waals surface area contributed by atoms with Crippen LogP contribution in [0.25, 0.3) is 0 Å². The highest BCUT2D eigenvalue weighted by molar-refractivity contribution is 8.00. The van der Waals surface area contributed by atoms with Crippen molar-refractivity contribution in [1.29, 1.82) is 0 Å². The van der Waals surface area contributed by atoms with E-state index in [2.05, 4.69) is 0 Å². The summed E-state index contributed by atoms with van der Waals surface area (Å²) in [7, 11) is 0. The summed E-state index contributed by atoms with van der Waals surface area (Å²) in [6.07, 6.45) is 1.97. The zero-order chi connectivity index (χ0) is 10.7. The van der Waals surface area contributed by atoms with Crippen LogP contribution in [0.3, 0.4) is 0 Å². The Labute approximate surface area is 94.0 Å². The van der Waals surface area contributed by atoms with Crippen LogP contribution in [0.4, 0.5) is 0 Å². The Morgan fingerprint density at radius 3 is 3.13 bits per heavy atom. The summed E-state index contributed by atoms with van der Waals surface area (Å²) >= 11 is 1.76. The van der Waals surface area contributed by atoms with Crippen molar-refractivity contribution in [2.24, 2.45) is 0 Å². The third-order valence-corrected chi connectivity index (χ3v) is 4.22. The molecule has 2 aliphatic rings. The molecule has 15 heavy (non-hydrogen) atoms. The second kappa shape index (κ2) is 5.18. The van der Waals surface area contributed by atoms with Crippen LogP contribution in [0.2, 0.25) is 0 Å². The summed E-state index contributed by atoms with van der Waals surface area (Å²) in [5.41, 5.74) is 0. The van der Waals surface area contributed by atoms with Gasteiger partial charge in [-0.1, -0.05) is 0 Å². The van der Waals surface area contributed by atoms with Gasteiger partial charge in [0.05, 0.1) is 24.6 Å². The van der Waals surface area contributed by atoms with Gasteiger partial charge < -0.3 is 14.7 Å². The average molecular weight is 231 g/mol. The van der Waals surface area contributed by atoms with Gasteiger partial charge in [-0.2, -0.15) is 0 Å². The third-order valence-electron chi connectivity index (χ3n) is 2.86. The Kier molecular flexibility index (Phi) is 3.88. The van der Waals surface area contributed by atoms with Crippen molar-refractivity contribution in [3.05, 3.63) is 0 Å². The number of amides is 1. The first-order valence-electron chi connectivity index (χ1n) is 5.44. The molecule has 0 aliphatic carbocycles. The van der Waals surface area contributed by atoms with Gasteiger partial charge in [-0.25, -0.2) is 0 Å². The molecule has 2 aliphatic heterocycles. The summed E-state index contributed by atoms with van der Waals surface area (Å²) in [5.74, 6) is 1.34. The highest BCUT2D eigenvalue weighted by atomic mass is 32.2. The van der Waals surface area contributed by atoms with Crippen molar-refractivity contribution in [3.8, 4) is 0 Å². The monoisotopic (exact) mass is 231 g/mol. The van der Waals surface area contributed by atoms with Crippen molar-refractivity contribution in [3.63, 3.8) is 0 Å². The van der Waals surface area contributed by atoms with Crippen LogP contribution in [0, 0.1) is 0 Å². The van der Waals surface area contributed by atoms with Crippen molar-refractivity contribution in [1.82, 2.24) is 4.90 Å². The first-order chi connectivity index (χ1) is 7.31. The minimum atomic E-state index is -0.186. The van der Waals surface area contributed by atoms with E-state index in [0.717, 1.165) is 18.6 Å². The minimum absolute atomic E-state index is 0.00158. The fourth-order valence-corrected chi connectivity index (χ4v) is 3.25. The Morgan fingerprint density at radius 2 is 2.47 bits per heavy atom. The molecule has 2 unspecified atom stereocenters. The van der Waals surface area contributed by atoms with Crippen LogP contribution in [-0.4, -0.2) is 59.3 Å². The quantitative estimate of drug-likeness (QED) is 0.732. The van der Waals surface area contributed by atoms with Gasteiger partial charge in [0.2, 0.25) is 5.91 Å². The van der Waals surface area contributed by atoms with Gasteiger partial charge in [0, 0.05) is 13.1 Å². The van der Waals surface area contributed by atoms with Gasteiger partial charge in [-0.3, -0.25) is 4.79 Å². The molecule has 1 N–H and O–H groups in total. The lowest BCUT2D eigenvalue weighted by Gasteiger charge is -2.33. The average Bonchev–Trinajstić information content (AvgIpc) is 2.81. The predicted octanol–water partition coefficient (Wildman–Crippen LogP) is 0.102. The van der Waals surface area contributed by atoms with E-state index in [9.17, 15) is 4.79 Å². The van der Waals surface area contributed by atoms with E-state index >= 15 is 0 Å². The Bertz CT molecular complexity index is 231. The molecule has 1 amide bonds. The third kappa shape index (κ3) is 2.65. The maximum Gasteiger partial charge on any atom is 0.235 e. The Morgan fingerprint density at radius 1 is 1.60 bits per heavy atom. The maximum absolute atomic E-state index is 12.0. The highest BCUT2D eigenvalue weighted by Crippen LogP contribution is 2.28. The number of morpholine rings is 1. The van der Waals surface area contributed by atoms with Crippen LogP contribution in [0.5, 0.6) is 0 Å². The highest BCUT2D eigenvalue weighted by Gasteiger charge is 2.31. The van der Waals surface area contributed by atoms with Crippen LogP contribution in [0.15, 0.2) is 0 Å². The molecule has 0 spiro atoms. The Balaban J connectivity index is 1.88. The van der Waals surface area contributed by atoms with E-state index in [1.54, 1.807) is 11.8 Å². The lowest BCUT2D eigenvalue weighted by atomic mass is 10.2. The molecule has 2 saturated heterocycles. The fourth-order valence-electron chi connectivity index (χ4n) is 2.01. The summed E-state index contributed by atoms with van der Waals surface area (Å²) in [5, 5.41) is 9.14. The molecule has 0 bridgehead atoms. The summed E-state index contributed by atoms with van der Waals surface area (Å²) in [4.78, 5) is 13.9. The normalized spacial score (nSPS) is 31.9. The van der Waals surface area contributed by atoms with Crippen LogP contribution >= 0.6 is 11.8 Å². The molecule has 0 saturated carbocycles. The largest absolute Gasteiger partial charge is 0.394 e. The van der Waals surface area contributed by atoms with E-state index in [-0.39, 0.29) is 23.9 Å². The number of rotatable bonds is 2. The molecule has 0 aromatic carbocycles. The molecule has 2 fully saturated rings. The second-order valence-electron chi connectivity index (χ2n) is 3.96. The number of carbonyl (C=O) groups excluding carboxylic acids is 1. The standard InChI is InChI=1S/C10H17NO3S/c12-7-8-6-11(3-4-14-8)10(13)9-2-1-5-15-9/h8-9,12H,1-7H2. The first-order valence-corrected chi connectivity index (χ1v) is 6.49. The maximum atomic E-state index is 12.0. The Hall–Kier alpha value is -0.260. The van der Waals surface area contributed by atoms with Gasteiger partial charge >= 0.3 is 0 Å². The number of carbonyl (C=O) groups is 1. The molecule has 0 aromatic heterocycles. The molecule has 86 valence electrons. The zero-order valence-electron chi connectivity index (χ0n) is 8.72. The van der Waals surface area contributed by atoms with Gasteiger partial charge in [0.25, 0.3) is 0 Å². The van der Waals surface area contributed by atoms with E-state index in [1.807, 2.05) is 4.90 Å². The van der Waals surface area contributed by atoms with Crippen molar-refractivity contribution < 1.29 is 14.6 Å². The molecule has 2 rings (SSSR count). The van der Waals surface area contributed by atoms with E-state index < -0.39 is 0 Å². The number of hydrogen-bond acceptors (Lipinski definition) is 4. The number of hydrogen-bond donors (Lipinski definition) is 1. The second-order valence-corrected chi connectivity index (χ2v) is 5.27. The summed E-state index contributed by atoms with van der Waals surface area (Å²) < 4.78 is 5.32. The van der Waals surface area contributed by atoms with E-state index in [4.69, 9.17) is 9.84 Å². The van der Waals surface area contributed by atoms with E-state index in [1.165, 1.54) is 0 Å². The number of nitrogens with zero attached hydrogens (tertiary/aromatic N) is 1. The topological polar surface area (TPSA) is 49.8 Å². The SMILES string of the molecule is O=C(C1CCCS1)N1CCOC(CO)C1. The molecule has 5 heteroatoms. The smallest absolute Gasteiger partial charge is 0.235 e. The lowest BCUT2D eigenvalue weighted by molar-refractivity contribution is -0.139. The first kappa shape index (κ1) is 11.2. The molecule has 4 nitrogen and oxygen atoms in total. The van der Waals surface area contributed by atoms with Crippen LogP contribution < -0.4 is 0 Å². The lowest BCUT2D eigenvalue weighted by Crippen LogP contribution is -2.49. The predicted molar refractivity (Wildman–Crippen MR) is 58.9 cm³/mol. The number of aliphatic hydroxyl groups excluding tert-OH is 1. The number of ether oxygens (including phenoxy) is 1. The molecular formula is C10H17NO3S. The fraction of sp³-hybridized carbons (Fsp3) is 0.900. The molecule has 2 heterocycles. The summed E-state index contributed by atoms with van der Waals surface area (Å²) in [6, 6.07) is 0. The van der Waals surface area contributed by atoms with E-state index in [0.29, 0.717) is 19.7 Å². The molecule has 0 radical (unpaired) electrons. The van der Waals surface area contributed by atoms with Gasteiger partial charge in [0.15, 0.2) is 0 Å². The van der Waals surface area contributed by atoms with Gasteiger partial charge in [-0.05, 0) is 18.6 Å². The van der Waals surface area contributed by atoms with Crippen molar-refractivity contribution in [2.75, 3.05) is 32.1 Å². The minimum Gasteiger partial charge on any atom is -0.394 e. The van der Waals surface area contributed by atoms with Gasteiger partial charge in [0.1, 0.15) is 0 Å². The van der Waals surface area contributed by atoms with Gasteiger partial charge in [-0.15, -0.1) is 11.8 Å². The van der Waals surface area contributed by atoms with Crippen LogP contribution in [-0.2, 0) is 9.53 Å². The van der Waals surface area contributed by atoms with Crippen molar-refractivity contribution in [2.45, 2.75) is 24.2 Å². The number of thioether (sulfide) groups is 1. The number of aliphatic hydroxyl groups is 1. The van der Waals surface area contributed by atoms with Crippen LogP contribution in [0.1, 0.15) is 12.8 Å². The molecule has 2 atom stereocenters. The molecule has 0 aromatic rings. The van der Waals surface area contributed by atoms with Crippen molar-refractivity contribution >= 4 is 17.7 Å². The molecular weight excluding hydrogens is 214 g/mol. The summed E-state index contributed by atoms with van der Waals surface area (Å²) in [6.45, 7) is 1.77. The zero-order valence-corrected chi connectivity index (χ0v) is 9.54.